The first-order valence-corrected chi connectivity index (χ1v) is 16.3. The Morgan fingerprint density at radius 3 is 1.54 bits per heavy atom. The predicted molar refractivity (Wildman–Crippen MR) is 202 cm³/mol. The highest BCUT2D eigenvalue weighted by Gasteiger charge is 2.15. The molecule has 9 aromatic rings. The summed E-state index contributed by atoms with van der Waals surface area (Å²) >= 11 is 0. The van der Waals surface area contributed by atoms with Gasteiger partial charge in [0.1, 0.15) is 0 Å². The van der Waals surface area contributed by atoms with Crippen LogP contribution in [-0.2, 0) is 0 Å². The first kappa shape index (κ1) is 27.9. The van der Waals surface area contributed by atoms with Crippen molar-refractivity contribution in [3.63, 3.8) is 0 Å². The normalized spacial score (nSPS) is 11.3. The molecule has 0 atom stereocenters. The van der Waals surface area contributed by atoms with Crippen molar-refractivity contribution in [3.05, 3.63) is 182 Å². The molecule has 224 valence electrons. The second-order valence-electron chi connectivity index (χ2n) is 12.2. The van der Waals surface area contributed by atoms with Gasteiger partial charge >= 0.3 is 0 Å². The molecule has 0 saturated heterocycles. The Kier molecular flexibility index (Phi) is 6.84. The van der Waals surface area contributed by atoms with Crippen molar-refractivity contribution in [1.29, 1.82) is 0 Å². The first-order valence-electron chi connectivity index (χ1n) is 16.3. The summed E-state index contributed by atoms with van der Waals surface area (Å²) in [5.41, 5.74) is 11.1. The Morgan fingerprint density at radius 1 is 0.292 bits per heavy atom. The highest BCUT2D eigenvalue weighted by molar-refractivity contribution is 6.13. The van der Waals surface area contributed by atoms with Gasteiger partial charge in [0.25, 0.3) is 0 Å². The van der Waals surface area contributed by atoms with Gasteiger partial charge in [-0.15, -0.1) is 0 Å². The van der Waals surface area contributed by atoms with Gasteiger partial charge < -0.3 is 0 Å². The lowest BCUT2D eigenvalue weighted by molar-refractivity contribution is 1.23. The molecule has 0 bridgehead atoms. The largest absolute Gasteiger partial charge is 0.228 e. The van der Waals surface area contributed by atoms with Crippen LogP contribution in [-0.4, -0.2) is 9.97 Å². The fourth-order valence-electron chi connectivity index (χ4n) is 6.78. The van der Waals surface area contributed by atoms with E-state index >= 15 is 0 Å². The van der Waals surface area contributed by atoms with Gasteiger partial charge in [0.15, 0.2) is 5.82 Å². The second kappa shape index (κ2) is 11.8. The summed E-state index contributed by atoms with van der Waals surface area (Å²) in [6.45, 7) is 0. The van der Waals surface area contributed by atoms with Crippen molar-refractivity contribution in [1.82, 2.24) is 9.97 Å². The number of benzene rings is 8. The highest BCUT2D eigenvalue weighted by atomic mass is 14.9. The van der Waals surface area contributed by atoms with Crippen molar-refractivity contribution in [2.24, 2.45) is 0 Å². The average Bonchev–Trinajstić information content (AvgIpc) is 3.17. The van der Waals surface area contributed by atoms with Crippen LogP contribution >= 0.6 is 0 Å². The van der Waals surface area contributed by atoms with E-state index in [1.807, 2.05) is 0 Å². The second-order valence-corrected chi connectivity index (χ2v) is 12.2. The SMILES string of the molecule is c1ccc(-c2cccc(-c3cccc(-c4ccc(-c5nc(-c6ccc7ccccc7c6)c6c(ccc7ccccc76)n5)cc4)c3)c2)cc1. The topological polar surface area (TPSA) is 25.8 Å². The molecular formula is C46H30N2. The van der Waals surface area contributed by atoms with Crippen LogP contribution < -0.4 is 0 Å². The van der Waals surface area contributed by atoms with Gasteiger partial charge in [-0.2, -0.15) is 0 Å². The maximum atomic E-state index is 5.28. The molecule has 0 aliphatic carbocycles. The molecule has 0 unspecified atom stereocenters. The van der Waals surface area contributed by atoms with E-state index in [2.05, 4.69) is 182 Å². The molecule has 2 heteroatoms. The zero-order valence-electron chi connectivity index (χ0n) is 26.2. The fourth-order valence-corrected chi connectivity index (χ4v) is 6.78. The Hall–Kier alpha value is -6.38. The van der Waals surface area contributed by atoms with E-state index in [0.29, 0.717) is 0 Å². The Morgan fingerprint density at radius 2 is 0.812 bits per heavy atom. The van der Waals surface area contributed by atoms with E-state index in [1.165, 1.54) is 44.0 Å². The average molecular weight is 611 g/mol. The minimum Gasteiger partial charge on any atom is -0.228 e. The van der Waals surface area contributed by atoms with Crippen LogP contribution in [0.3, 0.4) is 0 Å². The van der Waals surface area contributed by atoms with E-state index < -0.39 is 0 Å². The number of hydrogen-bond donors (Lipinski definition) is 0. The van der Waals surface area contributed by atoms with Crippen molar-refractivity contribution in [2.75, 3.05) is 0 Å². The number of hydrogen-bond acceptors (Lipinski definition) is 2. The van der Waals surface area contributed by atoms with Crippen molar-refractivity contribution < 1.29 is 0 Å². The fraction of sp³-hybridized carbons (Fsp3) is 0. The van der Waals surface area contributed by atoms with Gasteiger partial charge in [-0.25, -0.2) is 9.97 Å². The Bertz CT molecular complexity index is 2600. The third kappa shape index (κ3) is 5.10. The molecule has 0 aliphatic heterocycles. The molecule has 8 aromatic carbocycles. The molecule has 0 N–H and O–H groups in total. The van der Waals surface area contributed by atoms with Crippen LogP contribution in [0, 0.1) is 0 Å². The molecular weight excluding hydrogens is 581 g/mol. The molecule has 0 aliphatic rings. The zero-order chi connectivity index (χ0) is 31.9. The van der Waals surface area contributed by atoms with E-state index in [9.17, 15) is 0 Å². The van der Waals surface area contributed by atoms with Crippen LogP contribution in [0.1, 0.15) is 0 Å². The summed E-state index contributed by atoms with van der Waals surface area (Å²) < 4.78 is 0. The third-order valence-corrected chi connectivity index (χ3v) is 9.25. The maximum Gasteiger partial charge on any atom is 0.160 e. The number of aromatic nitrogens is 2. The maximum absolute atomic E-state index is 5.28. The summed E-state index contributed by atoms with van der Waals surface area (Å²) in [4.78, 5) is 10.4. The van der Waals surface area contributed by atoms with E-state index in [4.69, 9.17) is 9.97 Å². The smallest absolute Gasteiger partial charge is 0.160 e. The van der Waals surface area contributed by atoms with Crippen LogP contribution in [0.5, 0.6) is 0 Å². The number of nitrogens with zero attached hydrogens (tertiary/aromatic N) is 2. The lowest BCUT2D eigenvalue weighted by Gasteiger charge is -2.13. The summed E-state index contributed by atoms with van der Waals surface area (Å²) in [5, 5.41) is 5.84. The van der Waals surface area contributed by atoms with E-state index in [-0.39, 0.29) is 0 Å². The molecule has 1 heterocycles. The lowest BCUT2D eigenvalue weighted by Crippen LogP contribution is -1.96. The molecule has 48 heavy (non-hydrogen) atoms. The number of rotatable bonds is 5. The minimum absolute atomic E-state index is 0.721. The summed E-state index contributed by atoms with van der Waals surface area (Å²) in [6, 6.07) is 64.6. The van der Waals surface area contributed by atoms with Crippen LogP contribution in [0.4, 0.5) is 0 Å². The highest BCUT2D eigenvalue weighted by Crippen LogP contribution is 2.36. The molecule has 0 amide bonds. The molecule has 0 spiro atoms. The first-order chi connectivity index (χ1) is 23.8. The Labute approximate surface area is 279 Å². The van der Waals surface area contributed by atoms with E-state index in [1.54, 1.807) is 0 Å². The van der Waals surface area contributed by atoms with Gasteiger partial charge in [0.2, 0.25) is 0 Å². The molecule has 2 nitrogen and oxygen atoms in total. The minimum atomic E-state index is 0.721. The molecule has 0 radical (unpaired) electrons. The molecule has 0 fully saturated rings. The van der Waals surface area contributed by atoms with Crippen LogP contribution in [0.2, 0.25) is 0 Å². The van der Waals surface area contributed by atoms with Crippen molar-refractivity contribution >= 4 is 32.4 Å². The lowest BCUT2D eigenvalue weighted by atomic mass is 9.96. The van der Waals surface area contributed by atoms with Gasteiger partial charge in [-0.05, 0) is 79.2 Å². The number of fused-ring (bicyclic) bond motifs is 4. The van der Waals surface area contributed by atoms with Crippen LogP contribution in [0.25, 0.3) is 88.5 Å². The quantitative estimate of drug-likeness (QED) is 0.181. The molecule has 0 saturated carbocycles. The van der Waals surface area contributed by atoms with Crippen molar-refractivity contribution in [3.8, 4) is 56.0 Å². The van der Waals surface area contributed by atoms with Gasteiger partial charge in [0, 0.05) is 16.5 Å². The summed E-state index contributed by atoms with van der Waals surface area (Å²) in [6.07, 6.45) is 0. The molecule has 1 aromatic heterocycles. The summed E-state index contributed by atoms with van der Waals surface area (Å²) in [5.74, 6) is 0.721. The monoisotopic (exact) mass is 610 g/mol. The Balaban J connectivity index is 1.11. The predicted octanol–water partition coefficient (Wildman–Crippen LogP) is 12.3. The zero-order valence-corrected chi connectivity index (χ0v) is 26.2. The standard InChI is InChI=1S/C46H30N2/c1-2-10-31(11-3-1)37-15-8-17-39(28-37)40-18-9-16-38(29-40)33-20-23-35(24-21-33)46-47-43-27-26-34-13-6-7-19-42(34)44(43)45(48-46)41-25-22-32-12-4-5-14-36(32)30-41/h1-30H. The van der Waals surface area contributed by atoms with Gasteiger partial charge in [-0.3, -0.25) is 0 Å². The molecule has 9 rings (SSSR count). The van der Waals surface area contributed by atoms with Crippen molar-refractivity contribution in [2.45, 2.75) is 0 Å². The van der Waals surface area contributed by atoms with Crippen LogP contribution in [0.15, 0.2) is 182 Å². The summed E-state index contributed by atoms with van der Waals surface area (Å²) in [7, 11) is 0. The van der Waals surface area contributed by atoms with Gasteiger partial charge in [-0.1, -0.05) is 158 Å². The van der Waals surface area contributed by atoms with Gasteiger partial charge in [0.05, 0.1) is 11.2 Å². The third-order valence-electron chi connectivity index (χ3n) is 9.25. The van der Waals surface area contributed by atoms with E-state index in [0.717, 1.165) is 44.5 Å².